The molecule has 2 aliphatic heterocycles. The average molecular weight is 157 g/mol. The molecule has 2 saturated heterocycles. The highest BCUT2D eigenvalue weighted by molar-refractivity contribution is 4.80. The summed E-state index contributed by atoms with van der Waals surface area (Å²) in [6.45, 7) is 3.70. The molecule has 1 N–H and O–H groups in total. The van der Waals surface area contributed by atoms with Crippen molar-refractivity contribution >= 4 is 0 Å². The zero-order valence-corrected chi connectivity index (χ0v) is 6.77. The molecule has 0 unspecified atom stereocenters. The lowest BCUT2D eigenvalue weighted by Crippen LogP contribution is -2.52. The normalized spacial score (nSPS) is 30.5. The smallest absolute Gasteiger partial charge is 0.180 e. The van der Waals surface area contributed by atoms with Gasteiger partial charge >= 0.3 is 0 Å². The maximum Gasteiger partial charge on any atom is 0.180 e. The molecule has 0 amide bonds. The van der Waals surface area contributed by atoms with Crippen LogP contribution in [0.3, 0.4) is 0 Å². The number of ether oxygens (including phenoxy) is 2. The minimum atomic E-state index is -0.253. The zero-order valence-electron chi connectivity index (χ0n) is 6.77. The molecule has 0 aromatic carbocycles. The van der Waals surface area contributed by atoms with Gasteiger partial charge in [-0.25, -0.2) is 0 Å². The molecule has 0 aliphatic carbocycles. The van der Waals surface area contributed by atoms with Crippen molar-refractivity contribution in [3.05, 3.63) is 0 Å². The Morgan fingerprint density at radius 1 is 1.09 bits per heavy atom. The summed E-state index contributed by atoms with van der Waals surface area (Å²) in [4.78, 5) is 0. The van der Waals surface area contributed by atoms with Crippen molar-refractivity contribution in [3.8, 4) is 0 Å². The number of hydrogen-bond donors (Lipinski definition) is 1. The van der Waals surface area contributed by atoms with Crippen molar-refractivity contribution in [1.82, 2.24) is 5.32 Å². The van der Waals surface area contributed by atoms with E-state index >= 15 is 0 Å². The van der Waals surface area contributed by atoms with E-state index in [2.05, 4.69) is 5.32 Å². The predicted molar refractivity (Wildman–Crippen MR) is 41.4 cm³/mol. The van der Waals surface area contributed by atoms with Gasteiger partial charge in [0.05, 0.1) is 13.2 Å². The number of rotatable bonds is 0. The summed E-state index contributed by atoms with van der Waals surface area (Å²) in [7, 11) is 0. The van der Waals surface area contributed by atoms with Crippen LogP contribution in [0, 0.1) is 0 Å². The lowest BCUT2D eigenvalue weighted by atomic mass is 10.1. The van der Waals surface area contributed by atoms with E-state index in [-0.39, 0.29) is 5.79 Å². The van der Waals surface area contributed by atoms with Gasteiger partial charge < -0.3 is 14.8 Å². The number of nitrogens with one attached hydrogen (secondary N) is 1. The third kappa shape index (κ3) is 1.55. The summed E-state index contributed by atoms with van der Waals surface area (Å²) in [6.07, 6.45) is 3.27. The number of hydrogen-bond acceptors (Lipinski definition) is 3. The van der Waals surface area contributed by atoms with Crippen LogP contribution in [-0.4, -0.2) is 32.1 Å². The molecular weight excluding hydrogens is 142 g/mol. The second kappa shape index (κ2) is 3.09. The molecule has 0 saturated carbocycles. The van der Waals surface area contributed by atoms with Crippen molar-refractivity contribution in [2.24, 2.45) is 0 Å². The Balaban J connectivity index is 1.94. The van der Waals surface area contributed by atoms with Gasteiger partial charge in [0.25, 0.3) is 0 Å². The quantitative estimate of drug-likeness (QED) is 0.555. The van der Waals surface area contributed by atoms with E-state index < -0.39 is 0 Å². The molecule has 0 bridgehead atoms. The fourth-order valence-corrected chi connectivity index (χ4v) is 1.71. The maximum absolute atomic E-state index is 5.62. The monoisotopic (exact) mass is 157 g/mol. The standard InChI is InChI=1S/C8H15NO2/c1-3-8(7-9-4-1)10-5-2-6-11-8/h9H,1-7H2. The Hall–Kier alpha value is -0.120. The molecule has 3 nitrogen and oxygen atoms in total. The van der Waals surface area contributed by atoms with Crippen LogP contribution in [0.5, 0.6) is 0 Å². The Bertz CT molecular complexity index is 107. The summed E-state index contributed by atoms with van der Waals surface area (Å²) in [5.74, 6) is -0.253. The molecule has 0 radical (unpaired) electrons. The van der Waals surface area contributed by atoms with Crippen molar-refractivity contribution in [3.63, 3.8) is 0 Å². The second-order valence-electron chi connectivity index (χ2n) is 3.24. The van der Waals surface area contributed by atoms with E-state index in [1.807, 2.05) is 0 Å². The molecule has 64 valence electrons. The van der Waals surface area contributed by atoms with Crippen molar-refractivity contribution in [2.45, 2.75) is 25.0 Å². The predicted octanol–water partition coefficient (Wildman–Crippen LogP) is 0.503. The molecule has 0 aromatic rings. The largest absolute Gasteiger partial charge is 0.349 e. The van der Waals surface area contributed by atoms with Crippen LogP contribution in [0.1, 0.15) is 19.3 Å². The van der Waals surface area contributed by atoms with Gasteiger partial charge in [-0.15, -0.1) is 0 Å². The summed E-state index contributed by atoms with van der Waals surface area (Å²) in [6, 6.07) is 0. The maximum atomic E-state index is 5.62. The summed E-state index contributed by atoms with van der Waals surface area (Å²) < 4.78 is 11.2. The first-order chi connectivity index (χ1) is 5.41. The highest BCUT2D eigenvalue weighted by Crippen LogP contribution is 2.25. The zero-order chi connectivity index (χ0) is 7.57. The Labute approximate surface area is 67.1 Å². The minimum absolute atomic E-state index is 0.253. The summed E-state index contributed by atoms with van der Waals surface area (Å²) in [5, 5.41) is 3.30. The molecule has 11 heavy (non-hydrogen) atoms. The molecule has 2 heterocycles. The fraction of sp³-hybridized carbons (Fsp3) is 1.00. The van der Waals surface area contributed by atoms with Crippen LogP contribution in [0.2, 0.25) is 0 Å². The Morgan fingerprint density at radius 2 is 1.91 bits per heavy atom. The van der Waals surface area contributed by atoms with Gasteiger partial charge in [-0.1, -0.05) is 0 Å². The van der Waals surface area contributed by atoms with Gasteiger partial charge in [0.2, 0.25) is 0 Å². The summed E-state index contributed by atoms with van der Waals surface area (Å²) in [5.41, 5.74) is 0. The molecule has 2 fully saturated rings. The van der Waals surface area contributed by atoms with Crippen molar-refractivity contribution < 1.29 is 9.47 Å². The minimum Gasteiger partial charge on any atom is -0.349 e. The summed E-state index contributed by atoms with van der Waals surface area (Å²) >= 11 is 0. The van der Waals surface area contributed by atoms with E-state index in [1.165, 1.54) is 6.42 Å². The highest BCUT2D eigenvalue weighted by atomic mass is 16.7. The van der Waals surface area contributed by atoms with Gasteiger partial charge in [0.15, 0.2) is 5.79 Å². The lowest BCUT2D eigenvalue weighted by Gasteiger charge is -2.40. The third-order valence-electron chi connectivity index (χ3n) is 2.32. The second-order valence-corrected chi connectivity index (χ2v) is 3.24. The van der Waals surface area contributed by atoms with E-state index in [4.69, 9.17) is 9.47 Å². The first kappa shape index (κ1) is 7.53. The Morgan fingerprint density at radius 3 is 2.55 bits per heavy atom. The van der Waals surface area contributed by atoms with E-state index in [0.717, 1.165) is 39.1 Å². The van der Waals surface area contributed by atoms with Crippen molar-refractivity contribution in [2.75, 3.05) is 26.3 Å². The van der Waals surface area contributed by atoms with Gasteiger partial charge in [0.1, 0.15) is 0 Å². The molecular formula is C8H15NO2. The molecule has 1 spiro atoms. The van der Waals surface area contributed by atoms with Crippen LogP contribution in [0.4, 0.5) is 0 Å². The molecule has 2 rings (SSSR count). The van der Waals surface area contributed by atoms with Crippen LogP contribution < -0.4 is 5.32 Å². The van der Waals surface area contributed by atoms with Crippen LogP contribution >= 0.6 is 0 Å². The fourth-order valence-electron chi connectivity index (χ4n) is 1.71. The third-order valence-corrected chi connectivity index (χ3v) is 2.32. The van der Waals surface area contributed by atoms with Crippen molar-refractivity contribution in [1.29, 1.82) is 0 Å². The van der Waals surface area contributed by atoms with Crippen LogP contribution in [-0.2, 0) is 9.47 Å². The first-order valence-corrected chi connectivity index (χ1v) is 4.40. The van der Waals surface area contributed by atoms with Gasteiger partial charge in [0, 0.05) is 13.0 Å². The van der Waals surface area contributed by atoms with Crippen LogP contribution in [0.15, 0.2) is 0 Å². The molecule has 0 atom stereocenters. The van der Waals surface area contributed by atoms with Gasteiger partial charge in [-0.05, 0) is 19.4 Å². The van der Waals surface area contributed by atoms with E-state index in [9.17, 15) is 0 Å². The average Bonchev–Trinajstić information content (AvgIpc) is 2.07. The number of piperidine rings is 1. The molecule has 2 aliphatic rings. The van der Waals surface area contributed by atoms with Crippen LogP contribution in [0.25, 0.3) is 0 Å². The molecule has 0 aromatic heterocycles. The highest BCUT2D eigenvalue weighted by Gasteiger charge is 2.35. The van der Waals surface area contributed by atoms with Gasteiger partial charge in [-0.3, -0.25) is 0 Å². The van der Waals surface area contributed by atoms with Gasteiger partial charge in [-0.2, -0.15) is 0 Å². The van der Waals surface area contributed by atoms with E-state index in [0.29, 0.717) is 0 Å². The van der Waals surface area contributed by atoms with E-state index in [1.54, 1.807) is 0 Å². The molecule has 3 heteroatoms. The topological polar surface area (TPSA) is 30.5 Å². The first-order valence-electron chi connectivity index (χ1n) is 4.40. The lowest BCUT2D eigenvalue weighted by molar-refractivity contribution is -0.272. The Kier molecular flexibility index (Phi) is 2.11. The SMILES string of the molecule is C1COC2(CCCNC2)OC1.